The van der Waals surface area contributed by atoms with Crippen molar-refractivity contribution < 1.29 is 0 Å². The first-order valence-corrected chi connectivity index (χ1v) is 9.54. The van der Waals surface area contributed by atoms with E-state index >= 15 is 0 Å². The lowest BCUT2D eigenvalue weighted by atomic mass is 10.1. The molecule has 2 aromatic carbocycles. The molecule has 18 heavy (non-hydrogen) atoms. The topological polar surface area (TPSA) is 26.0 Å². The number of anilines is 1. The molecule has 0 unspecified atom stereocenters. The largest absolute Gasteiger partial charge is 0.398 e. The molecule has 0 spiro atoms. The summed E-state index contributed by atoms with van der Waals surface area (Å²) in [6.07, 6.45) is 7.03. The third-order valence-electron chi connectivity index (χ3n) is 3.18. The fourth-order valence-corrected chi connectivity index (χ4v) is 5.46. The summed E-state index contributed by atoms with van der Waals surface area (Å²) in [7, 11) is -0.720. The van der Waals surface area contributed by atoms with Crippen molar-refractivity contribution in [1.29, 1.82) is 0 Å². The van der Waals surface area contributed by atoms with E-state index in [4.69, 9.17) is 5.73 Å². The van der Waals surface area contributed by atoms with E-state index in [1.807, 2.05) is 23.5 Å². The molecule has 2 N–H and O–H groups in total. The van der Waals surface area contributed by atoms with Gasteiger partial charge in [0.25, 0.3) is 0 Å². The molecule has 0 aliphatic carbocycles. The van der Waals surface area contributed by atoms with Crippen molar-refractivity contribution in [2.45, 2.75) is 4.90 Å². The van der Waals surface area contributed by atoms with Crippen molar-refractivity contribution in [3.8, 4) is 0 Å². The number of thiophene rings is 1. The molecule has 0 aliphatic rings. The number of nitrogen functional groups attached to an aromatic ring is 1. The Bertz CT molecular complexity index is 735. The van der Waals surface area contributed by atoms with Gasteiger partial charge in [0.05, 0.1) is 4.70 Å². The lowest BCUT2D eigenvalue weighted by Gasteiger charge is -2.26. The molecular formula is C15H17NS2. The van der Waals surface area contributed by atoms with Crippen LogP contribution in [0, 0.1) is 0 Å². The molecule has 0 saturated carbocycles. The van der Waals surface area contributed by atoms with Crippen molar-refractivity contribution in [3.05, 3.63) is 36.4 Å². The molecule has 3 aromatic rings. The predicted molar refractivity (Wildman–Crippen MR) is 87.4 cm³/mol. The quantitative estimate of drug-likeness (QED) is 0.641. The zero-order chi connectivity index (χ0) is 12.9. The highest BCUT2D eigenvalue weighted by Crippen LogP contribution is 2.52. The predicted octanol–water partition coefficient (Wildman–Crippen LogP) is 4.69. The molecule has 0 atom stereocenters. The van der Waals surface area contributed by atoms with Gasteiger partial charge in [-0.1, -0.05) is 24.3 Å². The second kappa shape index (κ2) is 3.90. The molecule has 0 aliphatic heterocycles. The molecule has 0 bridgehead atoms. The molecule has 1 aromatic heterocycles. The summed E-state index contributed by atoms with van der Waals surface area (Å²) in [6, 6.07) is 12.9. The van der Waals surface area contributed by atoms with E-state index in [1.54, 1.807) is 0 Å². The summed E-state index contributed by atoms with van der Waals surface area (Å²) >= 11 is 1.84. The van der Waals surface area contributed by atoms with Gasteiger partial charge >= 0.3 is 0 Å². The number of hydrogen-bond acceptors (Lipinski definition) is 2. The lowest BCUT2D eigenvalue weighted by molar-refractivity contribution is 1.56. The van der Waals surface area contributed by atoms with E-state index in [-0.39, 0.29) is 0 Å². The highest BCUT2D eigenvalue weighted by molar-refractivity contribution is 8.32. The third kappa shape index (κ3) is 1.70. The minimum absolute atomic E-state index is 0.720. The van der Waals surface area contributed by atoms with Crippen LogP contribution in [-0.4, -0.2) is 18.8 Å². The van der Waals surface area contributed by atoms with Gasteiger partial charge in [0.15, 0.2) is 0 Å². The number of benzene rings is 2. The van der Waals surface area contributed by atoms with Crippen LogP contribution in [0.4, 0.5) is 5.69 Å². The summed E-state index contributed by atoms with van der Waals surface area (Å²) in [4.78, 5) is 1.49. The first-order valence-electron chi connectivity index (χ1n) is 5.86. The maximum absolute atomic E-state index is 6.10. The molecule has 3 heteroatoms. The molecule has 0 radical (unpaired) electrons. The first kappa shape index (κ1) is 11.9. The Balaban J connectivity index is 2.50. The third-order valence-corrected chi connectivity index (χ3v) is 6.27. The second-order valence-electron chi connectivity index (χ2n) is 5.30. The minimum Gasteiger partial charge on any atom is -0.398 e. The van der Waals surface area contributed by atoms with Crippen LogP contribution in [0.15, 0.2) is 41.3 Å². The Kier molecular flexibility index (Phi) is 2.57. The molecule has 0 saturated heterocycles. The lowest BCUT2D eigenvalue weighted by Crippen LogP contribution is -1.92. The number of nitrogens with two attached hydrogens (primary N) is 1. The summed E-state index contributed by atoms with van der Waals surface area (Å²) in [6.45, 7) is 0. The van der Waals surface area contributed by atoms with Crippen LogP contribution in [-0.2, 0) is 0 Å². The smallest absolute Gasteiger partial charge is 0.0585 e. The Morgan fingerprint density at radius 3 is 2.17 bits per heavy atom. The van der Waals surface area contributed by atoms with E-state index in [2.05, 4.69) is 43.0 Å². The molecule has 94 valence electrons. The summed E-state index contributed by atoms with van der Waals surface area (Å²) in [5.41, 5.74) is 6.99. The normalized spacial score (nSPS) is 13.3. The Hall–Kier alpha value is -1.19. The standard InChI is InChI=1S/C15H17NS2/c1-18(2,3)13-9-5-7-11-10-6-4-8-12(16)14(10)17-15(11)13/h4-9H,16H2,1-3H3. The summed E-state index contributed by atoms with van der Waals surface area (Å²) in [5, 5.41) is 2.64. The molecule has 1 heterocycles. The van der Waals surface area contributed by atoms with Gasteiger partial charge in [0.1, 0.15) is 0 Å². The van der Waals surface area contributed by atoms with Gasteiger partial charge in [-0.3, -0.25) is 0 Å². The average Bonchev–Trinajstić information content (AvgIpc) is 2.68. The Morgan fingerprint density at radius 2 is 1.50 bits per heavy atom. The zero-order valence-electron chi connectivity index (χ0n) is 10.9. The van der Waals surface area contributed by atoms with Gasteiger partial charge in [-0.2, -0.15) is 0 Å². The van der Waals surface area contributed by atoms with E-state index in [1.165, 1.54) is 25.1 Å². The van der Waals surface area contributed by atoms with E-state index in [9.17, 15) is 0 Å². The van der Waals surface area contributed by atoms with Crippen LogP contribution in [0.2, 0.25) is 0 Å². The molecule has 3 rings (SSSR count). The van der Waals surface area contributed by atoms with E-state index in [0.717, 1.165) is 5.69 Å². The van der Waals surface area contributed by atoms with Gasteiger partial charge in [-0.15, -0.1) is 11.3 Å². The number of rotatable bonds is 1. The summed E-state index contributed by atoms with van der Waals surface area (Å²) < 4.78 is 2.64. The monoisotopic (exact) mass is 275 g/mol. The maximum atomic E-state index is 6.10. The molecule has 0 amide bonds. The minimum atomic E-state index is -0.720. The summed E-state index contributed by atoms with van der Waals surface area (Å²) in [5.74, 6) is 0. The van der Waals surface area contributed by atoms with Gasteiger partial charge in [0.2, 0.25) is 0 Å². The van der Waals surface area contributed by atoms with Crippen molar-refractivity contribution in [3.63, 3.8) is 0 Å². The first-order chi connectivity index (χ1) is 8.48. The number of hydrogen-bond donors (Lipinski definition) is 1. The maximum Gasteiger partial charge on any atom is 0.0585 e. The van der Waals surface area contributed by atoms with Crippen LogP contribution >= 0.6 is 21.4 Å². The highest BCUT2D eigenvalue weighted by Gasteiger charge is 2.15. The van der Waals surface area contributed by atoms with E-state index in [0.29, 0.717) is 0 Å². The fourth-order valence-electron chi connectivity index (χ4n) is 2.30. The SMILES string of the molecule is CS(C)(C)c1cccc2c1sc1c(N)cccc12. The van der Waals surface area contributed by atoms with Gasteiger partial charge in [-0.05, 0) is 30.9 Å². The van der Waals surface area contributed by atoms with Gasteiger partial charge in [0, 0.05) is 26.1 Å². The molecule has 0 fully saturated rings. The van der Waals surface area contributed by atoms with Crippen molar-refractivity contribution in [2.24, 2.45) is 0 Å². The van der Waals surface area contributed by atoms with Crippen molar-refractivity contribution >= 4 is 47.2 Å². The van der Waals surface area contributed by atoms with Gasteiger partial charge in [-0.25, -0.2) is 10.0 Å². The van der Waals surface area contributed by atoms with Crippen LogP contribution in [0.25, 0.3) is 20.2 Å². The second-order valence-corrected chi connectivity index (χ2v) is 10.4. The molecular weight excluding hydrogens is 258 g/mol. The fraction of sp³-hybridized carbons (Fsp3) is 0.200. The highest BCUT2D eigenvalue weighted by atomic mass is 32.3. The number of fused-ring (bicyclic) bond motifs is 3. The van der Waals surface area contributed by atoms with Crippen LogP contribution in [0.1, 0.15) is 0 Å². The Morgan fingerprint density at radius 1 is 0.889 bits per heavy atom. The van der Waals surface area contributed by atoms with Crippen LogP contribution in [0.5, 0.6) is 0 Å². The van der Waals surface area contributed by atoms with Crippen LogP contribution in [0.3, 0.4) is 0 Å². The van der Waals surface area contributed by atoms with Crippen LogP contribution < -0.4 is 5.73 Å². The van der Waals surface area contributed by atoms with E-state index < -0.39 is 10.0 Å². The zero-order valence-corrected chi connectivity index (χ0v) is 12.5. The molecule has 1 nitrogen and oxygen atoms in total. The van der Waals surface area contributed by atoms with Crippen molar-refractivity contribution in [2.75, 3.05) is 24.5 Å². The van der Waals surface area contributed by atoms with Gasteiger partial charge < -0.3 is 5.73 Å². The average molecular weight is 275 g/mol. The Labute approximate surface area is 113 Å². The van der Waals surface area contributed by atoms with Crippen molar-refractivity contribution in [1.82, 2.24) is 0 Å².